The van der Waals surface area contributed by atoms with E-state index in [-0.39, 0.29) is 12.1 Å². The quantitative estimate of drug-likeness (QED) is 0.799. The van der Waals surface area contributed by atoms with E-state index in [9.17, 15) is 4.79 Å². The molecule has 21 heavy (non-hydrogen) atoms. The number of ether oxygens (including phenoxy) is 1. The van der Waals surface area contributed by atoms with E-state index in [1.165, 1.54) is 5.56 Å². The van der Waals surface area contributed by atoms with Gasteiger partial charge in [-0.05, 0) is 64.2 Å². The molecule has 1 amide bonds. The number of aryl methyl sites for hydroxylation is 1. The molecule has 1 heterocycles. The molecule has 1 aliphatic heterocycles. The SMILES string of the molecule is Cc1ccc(C[C@@H]2CCCN2C(=O)OC(C)(C)C)cc1Cl. The lowest BCUT2D eigenvalue weighted by molar-refractivity contribution is 0.0227. The van der Waals surface area contributed by atoms with Crippen molar-refractivity contribution in [3.05, 3.63) is 34.3 Å². The number of carbonyl (C=O) groups is 1. The number of benzene rings is 1. The highest BCUT2D eigenvalue weighted by Crippen LogP contribution is 2.25. The predicted octanol–water partition coefficient (Wildman–Crippen LogP) is 4.59. The largest absolute Gasteiger partial charge is 0.444 e. The molecule has 2 rings (SSSR count). The van der Waals surface area contributed by atoms with Gasteiger partial charge in [0.1, 0.15) is 5.60 Å². The first-order valence-electron chi connectivity index (χ1n) is 7.51. The Morgan fingerprint density at radius 3 is 2.76 bits per heavy atom. The van der Waals surface area contributed by atoms with E-state index in [0.29, 0.717) is 0 Å². The second-order valence-electron chi connectivity index (χ2n) is 6.76. The first kappa shape index (κ1) is 16.2. The highest BCUT2D eigenvalue weighted by Gasteiger charge is 2.32. The molecule has 116 valence electrons. The summed E-state index contributed by atoms with van der Waals surface area (Å²) in [5, 5.41) is 0.786. The van der Waals surface area contributed by atoms with Gasteiger partial charge in [-0.15, -0.1) is 0 Å². The summed E-state index contributed by atoms with van der Waals surface area (Å²) in [7, 11) is 0. The van der Waals surface area contributed by atoms with Crippen LogP contribution in [0.5, 0.6) is 0 Å². The standard InChI is InChI=1S/C17H24ClNO2/c1-12-7-8-13(11-15(12)18)10-14-6-5-9-19(14)16(20)21-17(2,3)4/h7-8,11,14H,5-6,9-10H2,1-4H3/t14-/m0/s1. The Balaban J connectivity index is 2.05. The Morgan fingerprint density at radius 1 is 1.43 bits per heavy atom. The average Bonchev–Trinajstić information content (AvgIpc) is 2.80. The van der Waals surface area contributed by atoms with Gasteiger partial charge in [0, 0.05) is 17.6 Å². The average molecular weight is 310 g/mol. The topological polar surface area (TPSA) is 29.5 Å². The van der Waals surface area contributed by atoms with Crippen molar-refractivity contribution in [2.24, 2.45) is 0 Å². The highest BCUT2D eigenvalue weighted by atomic mass is 35.5. The van der Waals surface area contributed by atoms with Gasteiger partial charge in [0.2, 0.25) is 0 Å². The molecule has 0 saturated carbocycles. The van der Waals surface area contributed by atoms with Crippen molar-refractivity contribution in [2.45, 2.75) is 58.6 Å². The fraction of sp³-hybridized carbons (Fsp3) is 0.588. The van der Waals surface area contributed by atoms with Gasteiger partial charge in [-0.3, -0.25) is 0 Å². The highest BCUT2D eigenvalue weighted by molar-refractivity contribution is 6.31. The van der Waals surface area contributed by atoms with Crippen molar-refractivity contribution in [3.63, 3.8) is 0 Å². The summed E-state index contributed by atoms with van der Waals surface area (Å²) in [4.78, 5) is 14.1. The zero-order chi connectivity index (χ0) is 15.6. The first-order chi connectivity index (χ1) is 9.76. The van der Waals surface area contributed by atoms with Gasteiger partial charge < -0.3 is 9.64 Å². The number of hydrogen-bond acceptors (Lipinski definition) is 2. The summed E-state index contributed by atoms with van der Waals surface area (Å²) in [6.45, 7) is 8.47. The number of hydrogen-bond donors (Lipinski definition) is 0. The molecule has 0 N–H and O–H groups in total. The van der Waals surface area contributed by atoms with E-state index in [2.05, 4.69) is 6.07 Å². The lowest BCUT2D eigenvalue weighted by Gasteiger charge is -2.28. The Kier molecular flexibility index (Phi) is 4.82. The molecule has 1 aliphatic rings. The van der Waals surface area contributed by atoms with Gasteiger partial charge in [0.25, 0.3) is 0 Å². The fourth-order valence-corrected chi connectivity index (χ4v) is 2.85. The maximum Gasteiger partial charge on any atom is 0.410 e. The number of amides is 1. The number of carbonyl (C=O) groups excluding carboxylic acids is 1. The van der Waals surface area contributed by atoms with Crippen LogP contribution in [0.25, 0.3) is 0 Å². The zero-order valence-corrected chi connectivity index (χ0v) is 14.0. The molecule has 1 atom stereocenters. The van der Waals surface area contributed by atoms with Crippen molar-refractivity contribution in [1.29, 1.82) is 0 Å². The van der Waals surface area contributed by atoms with Crippen molar-refractivity contribution < 1.29 is 9.53 Å². The van der Waals surface area contributed by atoms with Gasteiger partial charge in [-0.1, -0.05) is 23.7 Å². The molecule has 0 aromatic heterocycles. The first-order valence-corrected chi connectivity index (χ1v) is 7.89. The van der Waals surface area contributed by atoms with Gasteiger partial charge in [-0.25, -0.2) is 4.79 Å². The van der Waals surface area contributed by atoms with Crippen LogP contribution in [0, 0.1) is 6.92 Å². The van der Waals surface area contributed by atoms with E-state index in [1.807, 2.05) is 44.7 Å². The lowest BCUT2D eigenvalue weighted by Crippen LogP contribution is -2.40. The smallest absolute Gasteiger partial charge is 0.410 e. The summed E-state index contributed by atoms with van der Waals surface area (Å²) in [5.74, 6) is 0. The van der Waals surface area contributed by atoms with Crippen molar-refractivity contribution in [3.8, 4) is 0 Å². The number of likely N-dealkylation sites (tertiary alicyclic amines) is 1. The van der Waals surface area contributed by atoms with Crippen LogP contribution >= 0.6 is 11.6 Å². The third kappa shape index (κ3) is 4.37. The summed E-state index contributed by atoms with van der Waals surface area (Å²) in [6.07, 6.45) is 2.68. The lowest BCUT2D eigenvalue weighted by atomic mass is 10.0. The van der Waals surface area contributed by atoms with Crippen LogP contribution in [0.2, 0.25) is 5.02 Å². The predicted molar refractivity (Wildman–Crippen MR) is 85.9 cm³/mol. The molecular weight excluding hydrogens is 286 g/mol. The molecule has 1 saturated heterocycles. The molecule has 0 radical (unpaired) electrons. The Bertz CT molecular complexity index is 522. The number of halogens is 1. The molecule has 0 aliphatic carbocycles. The van der Waals surface area contributed by atoms with Gasteiger partial charge >= 0.3 is 6.09 Å². The van der Waals surface area contributed by atoms with Crippen LogP contribution in [0.1, 0.15) is 44.7 Å². The molecule has 0 spiro atoms. The minimum Gasteiger partial charge on any atom is -0.444 e. The number of rotatable bonds is 2. The van der Waals surface area contributed by atoms with Crippen LogP contribution in [0.3, 0.4) is 0 Å². The fourth-order valence-electron chi connectivity index (χ4n) is 2.64. The molecule has 0 unspecified atom stereocenters. The van der Waals surface area contributed by atoms with E-state index in [0.717, 1.165) is 36.4 Å². The van der Waals surface area contributed by atoms with Gasteiger partial charge in [-0.2, -0.15) is 0 Å². The van der Waals surface area contributed by atoms with Crippen molar-refractivity contribution in [1.82, 2.24) is 4.90 Å². The second kappa shape index (κ2) is 6.27. The Morgan fingerprint density at radius 2 is 2.14 bits per heavy atom. The van der Waals surface area contributed by atoms with E-state index < -0.39 is 5.60 Å². The number of nitrogens with zero attached hydrogens (tertiary/aromatic N) is 1. The summed E-state index contributed by atoms with van der Waals surface area (Å²) >= 11 is 6.18. The molecule has 4 heteroatoms. The minimum absolute atomic E-state index is 0.205. The third-order valence-electron chi connectivity index (χ3n) is 3.71. The zero-order valence-electron chi connectivity index (χ0n) is 13.3. The third-order valence-corrected chi connectivity index (χ3v) is 4.12. The Hall–Kier alpha value is -1.22. The van der Waals surface area contributed by atoms with Gasteiger partial charge in [0.05, 0.1) is 0 Å². The molecule has 1 aromatic carbocycles. The van der Waals surface area contributed by atoms with E-state index >= 15 is 0 Å². The molecule has 3 nitrogen and oxygen atoms in total. The molecular formula is C17H24ClNO2. The van der Waals surface area contributed by atoms with Crippen LogP contribution in [0.15, 0.2) is 18.2 Å². The maximum atomic E-state index is 12.3. The summed E-state index contributed by atoms with van der Waals surface area (Å²) in [5.41, 5.74) is 1.80. The van der Waals surface area contributed by atoms with Crippen LogP contribution in [-0.4, -0.2) is 29.2 Å². The summed E-state index contributed by atoms with van der Waals surface area (Å²) in [6, 6.07) is 6.33. The van der Waals surface area contributed by atoms with E-state index in [1.54, 1.807) is 0 Å². The molecule has 1 aromatic rings. The molecule has 0 bridgehead atoms. The monoisotopic (exact) mass is 309 g/mol. The van der Waals surface area contributed by atoms with Crippen molar-refractivity contribution >= 4 is 17.7 Å². The second-order valence-corrected chi connectivity index (χ2v) is 7.16. The van der Waals surface area contributed by atoms with Crippen LogP contribution in [0.4, 0.5) is 4.79 Å². The van der Waals surface area contributed by atoms with Crippen LogP contribution in [-0.2, 0) is 11.2 Å². The maximum absolute atomic E-state index is 12.3. The Labute approximate surface area is 132 Å². The summed E-state index contributed by atoms with van der Waals surface area (Å²) < 4.78 is 5.49. The normalized spacial score (nSPS) is 18.9. The van der Waals surface area contributed by atoms with Gasteiger partial charge in [0.15, 0.2) is 0 Å². The minimum atomic E-state index is -0.447. The van der Waals surface area contributed by atoms with Crippen molar-refractivity contribution in [2.75, 3.05) is 6.54 Å². The van der Waals surface area contributed by atoms with Crippen LogP contribution < -0.4 is 0 Å². The van der Waals surface area contributed by atoms with E-state index in [4.69, 9.17) is 16.3 Å². The molecule has 1 fully saturated rings.